The number of halogens is 3. The van der Waals surface area contributed by atoms with E-state index in [-0.39, 0.29) is 6.61 Å². The van der Waals surface area contributed by atoms with Crippen LogP contribution in [0.3, 0.4) is 0 Å². The Bertz CT molecular complexity index is 656. The second-order valence-electron chi connectivity index (χ2n) is 4.55. The van der Waals surface area contributed by atoms with E-state index >= 15 is 0 Å². The number of nitrogens with one attached hydrogen (secondary N) is 2. The number of benzene rings is 1. The Balaban J connectivity index is 2.05. The van der Waals surface area contributed by atoms with Crippen molar-refractivity contribution in [1.82, 2.24) is 15.2 Å². The lowest BCUT2D eigenvalue weighted by Crippen LogP contribution is -2.32. The number of carbonyl (C=O) groups is 1. The van der Waals surface area contributed by atoms with E-state index in [4.69, 9.17) is 39.5 Å². The number of hydrogen-bond acceptors (Lipinski definition) is 4. The van der Waals surface area contributed by atoms with E-state index in [0.29, 0.717) is 17.9 Å². The van der Waals surface area contributed by atoms with E-state index in [1.54, 1.807) is 10.9 Å². The molecule has 0 aliphatic carbocycles. The summed E-state index contributed by atoms with van der Waals surface area (Å²) in [5, 5.41) is 4.46. The topological polar surface area (TPSA) is 68.2 Å². The number of rotatable bonds is 5. The van der Waals surface area contributed by atoms with Crippen molar-refractivity contribution >= 4 is 46.6 Å². The van der Waals surface area contributed by atoms with Crippen LogP contribution < -0.4 is 10.9 Å². The summed E-state index contributed by atoms with van der Waals surface area (Å²) >= 11 is 16.5. The average Bonchev–Trinajstić information content (AvgIpc) is 2.94. The largest absolute Gasteiger partial charge is 0.444 e. The molecule has 1 aromatic carbocycles. The van der Waals surface area contributed by atoms with E-state index in [0.717, 1.165) is 5.56 Å². The zero-order valence-electron chi connectivity index (χ0n) is 12.2. The first-order valence-corrected chi connectivity index (χ1v) is 7.91. The minimum Gasteiger partial charge on any atom is -0.444 e. The molecule has 1 amide bonds. The Kier molecular flexibility index (Phi) is 5.98. The number of aromatic nitrogens is 2. The quantitative estimate of drug-likeness (QED) is 0.610. The molecule has 0 saturated carbocycles. The molecular formula is C14H15Cl3N4O2. The first kappa shape index (κ1) is 17.7. The van der Waals surface area contributed by atoms with E-state index in [1.165, 1.54) is 0 Å². The number of alkyl halides is 3. The van der Waals surface area contributed by atoms with Crippen molar-refractivity contribution in [1.29, 1.82) is 0 Å². The van der Waals surface area contributed by atoms with Gasteiger partial charge in [0.2, 0.25) is 3.79 Å². The number of hydrazine groups is 1. The van der Waals surface area contributed by atoms with Crippen molar-refractivity contribution in [3.63, 3.8) is 0 Å². The van der Waals surface area contributed by atoms with Gasteiger partial charge < -0.3 is 4.74 Å². The maximum absolute atomic E-state index is 11.6. The van der Waals surface area contributed by atoms with Crippen LogP contribution in [0.1, 0.15) is 6.92 Å². The smallest absolute Gasteiger partial charge is 0.426 e. The molecule has 1 heterocycles. The number of aryl methyl sites for hydroxylation is 1. The molecular weight excluding hydrogens is 363 g/mol. The van der Waals surface area contributed by atoms with Gasteiger partial charge in [-0.1, -0.05) is 65.1 Å². The van der Waals surface area contributed by atoms with Gasteiger partial charge in [0.25, 0.3) is 0 Å². The van der Waals surface area contributed by atoms with Gasteiger partial charge >= 0.3 is 6.09 Å². The van der Waals surface area contributed by atoms with Gasteiger partial charge in [-0.05, 0) is 6.92 Å². The first-order chi connectivity index (χ1) is 10.9. The summed E-state index contributed by atoms with van der Waals surface area (Å²) in [5.74, 6) is 0. The molecule has 0 aliphatic heterocycles. The third kappa shape index (κ3) is 5.49. The van der Waals surface area contributed by atoms with Crippen LogP contribution >= 0.6 is 34.8 Å². The number of ether oxygens (including phenoxy) is 1. The predicted molar refractivity (Wildman–Crippen MR) is 91.7 cm³/mol. The number of hydrogen-bond donors (Lipinski definition) is 2. The zero-order valence-corrected chi connectivity index (χ0v) is 14.5. The molecule has 0 radical (unpaired) electrons. The Hall–Kier alpha value is -1.63. The molecule has 0 saturated heterocycles. The van der Waals surface area contributed by atoms with Crippen LogP contribution in [0, 0.1) is 0 Å². The molecule has 2 aromatic rings. The fraction of sp³-hybridized carbons (Fsp3) is 0.286. The van der Waals surface area contributed by atoms with Gasteiger partial charge in [0.1, 0.15) is 18.0 Å². The van der Waals surface area contributed by atoms with Gasteiger partial charge in [-0.15, -0.1) is 0 Å². The van der Waals surface area contributed by atoms with Crippen molar-refractivity contribution in [2.24, 2.45) is 0 Å². The summed E-state index contributed by atoms with van der Waals surface area (Å²) in [6.07, 6.45) is 1.01. The number of anilines is 1. The van der Waals surface area contributed by atoms with Crippen LogP contribution in [0.5, 0.6) is 0 Å². The highest BCUT2D eigenvalue weighted by Crippen LogP contribution is 2.27. The fourth-order valence-corrected chi connectivity index (χ4v) is 1.95. The molecule has 0 atom stereocenters. The first-order valence-electron chi connectivity index (χ1n) is 6.77. The summed E-state index contributed by atoms with van der Waals surface area (Å²) in [4.78, 5) is 11.6. The van der Waals surface area contributed by atoms with Gasteiger partial charge in [-0.3, -0.25) is 10.1 Å². The van der Waals surface area contributed by atoms with Crippen LogP contribution in [0.2, 0.25) is 0 Å². The number of carbonyl (C=O) groups excluding carboxylic acids is 1. The zero-order chi connectivity index (χ0) is 16.9. The summed E-state index contributed by atoms with van der Waals surface area (Å²) < 4.78 is 4.87. The van der Waals surface area contributed by atoms with E-state index in [2.05, 4.69) is 16.0 Å². The highest BCUT2D eigenvalue weighted by molar-refractivity contribution is 6.67. The van der Waals surface area contributed by atoms with E-state index in [1.807, 2.05) is 37.3 Å². The Labute approximate surface area is 148 Å². The lowest BCUT2D eigenvalue weighted by molar-refractivity contribution is 0.150. The summed E-state index contributed by atoms with van der Waals surface area (Å²) in [7, 11) is 0. The lowest BCUT2D eigenvalue weighted by atomic mass is 10.1. The molecule has 0 spiro atoms. The van der Waals surface area contributed by atoms with Gasteiger partial charge in [0.15, 0.2) is 0 Å². The summed E-state index contributed by atoms with van der Waals surface area (Å²) in [6.45, 7) is 2.30. The second-order valence-corrected chi connectivity index (χ2v) is 7.07. The normalized spacial score (nSPS) is 11.1. The Morgan fingerprint density at radius 2 is 2.00 bits per heavy atom. The Morgan fingerprint density at radius 3 is 2.61 bits per heavy atom. The van der Waals surface area contributed by atoms with Gasteiger partial charge in [-0.25, -0.2) is 10.2 Å². The molecule has 9 heteroatoms. The average molecular weight is 378 g/mol. The molecule has 0 fully saturated rings. The van der Waals surface area contributed by atoms with Crippen molar-refractivity contribution in [2.75, 3.05) is 12.0 Å². The summed E-state index contributed by atoms with van der Waals surface area (Å²) in [5.41, 5.74) is 7.39. The van der Waals surface area contributed by atoms with Crippen molar-refractivity contribution in [3.05, 3.63) is 36.5 Å². The van der Waals surface area contributed by atoms with E-state index < -0.39 is 9.89 Å². The van der Waals surface area contributed by atoms with Crippen LogP contribution in [-0.2, 0) is 11.3 Å². The van der Waals surface area contributed by atoms with Crippen LogP contribution in [0.25, 0.3) is 11.3 Å². The maximum atomic E-state index is 11.6. The van der Waals surface area contributed by atoms with Crippen molar-refractivity contribution < 1.29 is 9.53 Å². The highest BCUT2D eigenvalue weighted by Gasteiger charge is 2.22. The second kappa shape index (κ2) is 7.77. The number of nitrogens with zero attached hydrogens (tertiary/aromatic N) is 2. The summed E-state index contributed by atoms with van der Waals surface area (Å²) in [6, 6.07) is 9.59. The molecule has 23 heavy (non-hydrogen) atoms. The standard InChI is InChI=1S/C14H15Cl3N4O2/c1-2-21-8-11(12(20-21)10-6-4-3-5-7-10)18-19-13(22)23-9-14(15,16)17/h3-8,18H,2,9H2,1H3,(H,19,22). The van der Waals surface area contributed by atoms with Crippen LogP contribution in [-0.4, -0.2) is 26.3 Å². The predicted octanol–water partition coefficient (Wildman–Crippen LogP) is 3.99. The van der Waals surface area contributed by atoms with E-state index in [9.17, 15) is 4.79 Å². The molecule has 124 valence electrons. The van der Waals surface area contributed by atoms with Gasteiger partial charge in [-0.2, -0.15) is 5.10 Å². The number of amides is 1. The van der Waals surface area contributed by atoms with Crippen LogP contribution in [0.4, 0.5) is 10.5 Å². The molecule has 1 aromatic heterocycles. The molecule has 2 rings (SSSR count). The van der Waals surface area contributed by atoms with Gasteiger partial charge in [0.05, 0.1) is 6.20 Å². The van der Waals surface area contributed by atoms with Gasteiger partial charge in [0, 0.05) is 12.1 Å². The molecule has 0 bridgehead atoms. The monoisotopic (exact) mass is 376 g/mol. The van der Waals surface area contributed by atoms with Crippen LogP contribution in [0.15, 0.2) is 36.5 Å². The minimum absolute atomic E-state index is 0.356. The maximum Gasteiger partial charge on any atom is 0.426 e. The molecule has 6 nitrogen and oxygen atoms in total. The van der Waals surface area contributed by atoms with Crippen molar-refractivity contribution in [3.8, 4) is 11.3 Å². The fourth-order valence-electron chi connectivity index (χ4n) is 1.79. The lowest BCUT2D eigenvalue weighted by Gasteiger charge is -2.12. The van der Waals surface area contributed by atoms with Crippen molar-refractivity contribution in [2.45, 2.75) is 17.3 Å². The SMILES string of the molecule is CCn1cc(NNC(=O)OCC(Cl)(Cl)Cl)c(-c2ccccc2)n1. The molecule has 0 unspecified atom stereocenters. The molecule has 0 aliphatic rings. The third-order valence-corrected chi connectivity index (χ3v) is 3.13. The molecule has 2 N–H and O–H groups in total. The third-order valence-electron chi connectivity index (χ3n) is 2.80. The highest BCUT2D eigenvalue weighted by atomic mass is 35.6. The Morgan fingerprint density at radius 1 is 1.30 bits per heavy atom. The minimum atomic E-state index is -1.65.